The van der Waals surface area contributed by atoms with Gasteiger partial charge in [0.1, 0.15) is 11.1 Å². The van der Waals surface area contributed by atoms with E-state index in [0.29, 0.717) is 22.0 Å². The number of thiophene rings is 1. The first-order valence-electron chi connectivity index (χ1n) is 10.2. The molecule has 5 nitrogen and oxygen atoms in total. The zero-order chi connectivity index (χ0) is 22.1. The van der Waals surface area contributed by atoms with E-state index in [4.69, 9.17) is 4.74 Å². The highest BCUT2D eigenvalue weighted by Crippen LogP contribution is 2.43. The number of hydrogen-bond acceptors (Lipinski definition) is 5. The first-order valence-corrected chi connectivity index (χ1v) is 11.0. The number of nitriles is 1. The summed E-state index contributed by atoms with van der Waals surface area (Å²) in [6, 6.07) is 7.66. The van der Waals surface area contributed by atoms with Crippen molar-refractivity contribution in [3.63, 3.8) is 0 Å². The van der Waals surface area contributed by atoms with E-state index in [9.17, 15) is 14.9 Å². The molecule has 1 N–H and O–H groups in total. The van der Waals surface area contributed by atoms with Gasteiger partial charge in [-0.15, -0.1) is 11.3 Å². The van der Waals surface area contributed by atoms with E-state index in [1.807, 2.05) is 19.9 Å². The molecule has 6 heteroatoms. The molecule has 3 rings (SSSR count). The second-order valence-corrected chi connectivity index (χ2v) is 10.1. The van der Waals surface area contributed by atoms with E-state index in [1.54, 1.807) is 12.1 Å². The fourth-order valence-corrected chi connectivity index (χ4v) is 5.17. The van der Waals surface area contributed by atoms with Gasteiger partial charge in [0, 0.05) is 4.88 Å². The lowest BCUT2D eigenvalue weighted by Crippen LogP contribution is -2.26. The fourth-order valence-electron chi connectivity index (χ4n) is 3.88. The number of esters is 1. The van der Waals surface area contributed by atoms with Gasteiger partial charge in [0.05, 0.1) is 11.1 Å². The Hall–Kier alpha value is -2.65. The van der Waals surface area contributed by atoms with Crippen molar-refractivity contribution in [3.05, 3.63) is 50.9 Å². The summed E-state index contributed by atoms with van der Waals surface area (Å²) in [7, 11) is 0. The van der Waals surface area contributed by atoms with Crippen LogP contribution < -0.4 is 5.32 Å². The molecule has 0 fully saturated rings. The highest BCUT2D eigenvalue weighted by atomic mass is 32.1. The van der Waals surface area contributed by atoms with Crippen molar-refractivity contribution < 1.29 is 14.3 Å². The summed E-state index contributed by atoms with van der Waals surface area (Å²) in [5.41, 5.74) is 4.11. The number of hydrogen-bond donors (Lipinski definition) is 1. The van der Waals surface area contributed by atoms with Crippen molar-refractivity contribution in [1.29, 1.82) is 5.26 Å². The van der Waals surface area contributed by atoms with Gasteiger partial charge in [-0.25, -0.2) is 4.79 Å². The zero-order valence-corrected chi connectivity index (χ0v) is 19.0. The zero-order valence-electron chi connectivity index (χ0n) is 18.2. The molecule has 0 unspecified atom stereocenters. The molecule has 1 aromatic heterocycles. The summed E-state index contributed by atoms with van der Waals surface area (Å²) in [6.07, 6.45) is 2.83. The average Bonchev–Trinajstić information content (AvgIpc) is 3.03. The number of rotatable bonds is 4. The number of nitrogens with one attached hydrogen (secondary N) is 1. The molecule has 0 saturated carbocycles. The molecule has 0 bridgehead atoms. The van der Waals surface area contributed by atoms with Crippen LogP contribution in [0.15, 0.2) is 18.2 Å². The predicted molar refractivity (Wildman–Crippen MR) is 119 cm³/mol. The third-order valence-corrected chi connectivity index (χ3v) is 7.18. The maximum Gasteiger partial charge on any atom is 0.338 e. The van der Waals surface area contributed by atoms with Gasteiger partial charge < -0.3 is 10.1 Å². The number of amides is 1. The van der Waals surface area contributed by atoms with Crippen molar-refractivity contribution in [1.82, 2.24) is 0 Å². The van der Waals surface area contributed by atoms with Crippen molar-refractivity contribution in [2.75, 3.05) is 11.9 Å². The molecule has 158 valence electrons. The molecule has 1 aliphatic rings. The minimum Gasteiger partial charge on any atom is -0.452 e. The number of ether oxygens (including phenoxy) is 1. The van der Waals surface area contributed by atoms with Crippen LogP contribution in [0.25, 0.3) is 0 Å². The van der Waals surface area contributed by atoms with Crippen LogP contribution in [-0.4, -0.2) is 18.5 Å². The lowest BCUT2D eigenvalue weighted by Gasteiger charge is -2.33. The molecule has 1 aromatic carbocycles. The van der Waals surface area contributed by atoms with Crippen LogP contribution in [0.5, 0.6) is 0 Å². The maximum atomic E-state index is 12.4. The third-order valence-electron chi connectivity index (χ3n) is 6.01. The Morgan fingerprint density at radius 2 is 2.03 bits per heavy atom. The van der Waals surface area contributed by atoms with Crippen LogP contribution in [0.1, 0.15) is 64.7 Å². The molecule has 1 heterocycles. The molecular formula is C24H28N2O3S. The van der Waals surface area contributed by atoms with Crippen LogP contribution in [-0.2, 0) is 22.4 Å². The normalized spacial score (nSPS) is 15.8. The van der Waals surface area contributed by atoms with E-state index < -0.39 is 11.9 Å². The third kappa shape index (κ3) is 4.57. The molecule has 0 saturated heterocycles. The summed E-state index contributed by atoms with van der Waals surface area (Å²) in [6.45, 7) is 10.1. The van der Waals surface area contributed by atoms with E-state index in [-0.39, 0.29) is 12.0 Å². The van der Waals surface area contributed by atoms with Gasteiger partial charge in [-0.2, -0.15) is 5.26 Å². The topological polar surface area (TPSA) is 79.2 Å². The summed E-state index contributed by atoms with van der Waals surface area (Å²) < 4.78 is 5.21. The van der Waals surface area contributed by atoms with E-state index >= 15 is 0 Å². The summed E-state index contributed by atoms with van der Waals surface area (Å²) in [5.74, 6) is -0.404. The molecule has 0 aliphatic heterocycles. The van der Waals surface area contributed by atoms with Crippen molar-refractivity contribution in [2.45, 2.75) is 53.9 Å². The van der Waals surface area contributed by atoms with E-state index in [2.05, 4.69) is 32.2 Å². The van der Waals surface area contributed by atoms with Gasteiger partial charge in [-0.05, 0) is 67.2 Å². The van der Waals surface area contributed by atoms with Crippen molar-refractivity contribution in [2.24, 2.45) is 11.3 Å². The smallest absolute Gasteiger partial charge is 0.338 e. The standard InChI is InChI=1S/C24H28N2O3S/c1-14-7-6-8-17(15(14)2)23(28)29-13-21(27)26-22-19(12-25)18-10-9-16(24(3,4)5)11-20(18)30-22/h6-8,16H,9-11,13H2,1-5H3,(H,26,27)/t16-/m1/s1. The molecule has 0 spiro atoms. The second-order valence-electron chi connectivity index (χ2n) is 9.00. The highest BCUT2D eigenvalue weighted by molar-refractivity contribution is 7.16. The molecule has 0 radical (unpaired) electrons. The number of carbonyl (C=O) groups is 2. The Labute approximate surface area is 182 Å². The minimum absolute atomic E-state index is 0.208. The Morgan fingerprint density at radius 1 is 1.30 bits per heavy atom. The second kappa shape index (κ2) is 8.61. The summed E-state index contributed by atoms with van der Waals surface area (Å²) >= 11 is 1.47. The van der Waals surface area contributed by atoms with Crippen LogP contribution in [0.4, 0.5) is 5.00 Å². The first-order chi connectivity index (χ1) is 14.1. The maximum absolute atomic E-state index is 12.4. The highest BCUT2D eigenvalue weighted by Gasteiger charge is 2.32. The Morgan fingerprint density at radius 3 is 2.70 bits per heavy atom. The van der Waals surface area contributed by atoms with Crippen molar-refractivity contribution in [3.8, 4) is 6.07 Å². The Bertz CT molecular complexity index is 1020. The Kier molecular flexibility index (Phi) is 6.33. The number of benzene rings is 1. The van der Waals surface area contributed by atoms with Gasteiger partial charge in [0.2, 0.25) is 0 Å². The van der Waals surface area contributed by atoms with E-state index in [0.717, 1.165) is 36.0 Å². The molecule has 30 heavy (non-hydrogen) atoms. The van der Waals surface area contributed by atoms with Crippen LogP contribution >= 0.6 is 11.3 Å². The molecule has 2 aromatic rings. The van der Waals surface area contributed by atoms with Gasteiger partial charge in [0.15, 0.2) is 6.61 Å². The quantitative estimate of drug-likeness (QED) is 0.686. The monoisotopic (exact) mass is 424 g/mol. The summed E-state index contributed by atoms with van der Waals surface area (Å²) in [5, 5.41) is 13.0. The largest absolute Gasteiger partial charge is 0.452 e. The van der Waals surface area contributed by atoms with Crippen molar-refractivity contribution >= 4 is 28.2 Å². The van der Waals surface area contributed by atoms with Crippen LogP contribution in [0.2, 0.25) is 0 Å². The minimum atomic E-state index is -0.523. The van der Waals surface area contributed by atoms with Crippen LogP contribution in [0, 0.1) is 36.5 Å². The van der Waals surface area contributed by atoms with Gasteiger partial charge in [-0.1, -0.05) is 32.9 Å². The van der Waals surface area contributed by atoms with Gasteiger partial charge in [-0.3, -0.25) is 4.79 Å². The predicted octanol–water partition coefficient (Wildman–Crippen LogP) is 5.18. The van der Waals surface area contributed by atoms with Crippen LogP contribution in [0.3, 0.4) is 0 Å². The molecule has 1 atom stereocenters. The van der Waals surface area contributed by atoms with Gasteiger partial charge >= 0.3 is 5.97 Å². The van der Waals surface area contributed by atoms with Gasteiger partial charge in [0.25, 0.3) is 5.91 Å². The molecule has 1 aliphatic carbocycles. The number of nitrogens with zero attached hydrogens (tertiary/aromatic N) is 1. The molecular weight excluding hydrogens is 396 g/mol. The fraction of sp³-hybridized carbons (Fsp3) is 0.458. The van der Waals surface area contributed by atoms with E-state index in [1.165, 1.54) is 16.2 Å². The lowest BCUT2D eigenvalue weighted by molar-refractivity contribution is -0.119. The number of fused-ring (bicyclic) bond motifs is 1. The number of anilines is 1. The average molecular weight is 425 g/mol. The first kappa shape index (κ1) is 22.0. The lowest BCUT2D eigenvalue weighted by atomic mass is 9.72. The SMILES string of the molecule is Cc1cccc(C(=O)OCC(=O)Nc2sc3c(c2C#N)CC[C@@H](C(C)(C)C)C3)c1C. The molecule has 1 amide bonds. The number of aryl methyl sites for hydroxylation is 1. The number of carbonyl (C=O) groups excluding carboxylic acids is 2. The Balaban J connectivity index is 1.67. The summed E-state index contributed by atoms with van der Waals surface area (Å²) in [4.78, 5) is 25.9.